The minimum Gasteiger partial charge on any atom is -0.308 e. The second kappa shape index (κ2) is 4.16. The number of carbonyl (C=O) groups is 1. The van der Waals surface area contributed by atoms with E-state index in [4.69, 9.17) is 18.2 Å². The molecule has 0 saturated carbocycles. The third-order valence-corrected chi connectivity index (χ3v) is 1.84. The van der Waals surface area contributed by atoms with Crippen molar-refractivity contribution in [3.8, 4) is 0 Å². The third-order valence-electron chi connectivity index (χ3n) is 1.55. The number of halogens is 3. The Bertz CT molecular complexity index is 426. The zero-order valence-electron chi connectivity index (χ0n) is 6.85. The van der Waals surface area contributed by atoms with Crippen molar-refractivity contribution in [2.24, 2.45) is 0 Å². The van der Waals surface area contributed by atoms with E-state index in [1.807, 2.05) is 0 Å². The zero-order chi connectivity index (χ0) is 10.7. The summed E-state index contributed by atoms with van der Waals surface area (Å²) in [6.07, 6.45) is 0. The summed E-state index contributed by atoms with van der Waals surface area (Å²) < 4.78 is 26.1. The Labute approximate surface area is 83.9 Å². The van der Waals surface area contributed by atoms with Gasteiger partial charge in [-0.1, -0.05) is 11.6 Å². The second-order valence-electron chi connectivity index (χ2n) is 2.46. The molecular weight excluding hydrogens is 212 g/mol. The molecule has 0 fully saturated rings. The lowest BCUT2D eigenvalue weighted by molar-refractivity contribution is 0.100. The molecule has 1 aromatic carbocycles. The fraction of sp³-hybridized carbons (Fsp3) is 0.111. The SMILES string of the molecule is [C-]#[N+]CC(=O)c1c(F)ccc(Cl)c1F. The second-order valence-corrected chi connectivity index (χ2v) is 2.86. The van der Waals surface area contributed by atoms with Crippen LogP contribution in [0.1, 0.15) is 10.4 Å². The van der Waals surface area contributed by atoms with Gasteiger partial charge in [0.25, 0.3) is 6.54 Å². The number of Topliss-reactive ketones (excluding diaryl/α,β-unsaturated/α-hetero) is 1. The smallest absolute Gasteiger partial charge is 0.276 e. The summed E-state index contributed by atoms with van der Waals surface area (Å²) in [6, 6.07) is 1.91. The number of hydrogen-bond acceptors (Lipinski definition) is 1. The van der Waals surface area contributed by atoms with Gasteiger partial charge in [-0.05, 0) is 12.1 Å². The van der Waals surface area contributed by atoms with Crippen molar-refractivity contribution in [2.45, 2.75) is 0 Å². The maximum absolute atomic E-state index is 13.1. The highest BCUT2D eigenvalue weighted by atomic mass is 35.5. The summed E-state index contributed by atoms with van der Waals surface area (Å²) >= 11 is 5.36. The quantitative estimate of drug-likeness (QED) is 0.422. The van der Waals surface area contributed by atoms with E-state index in [9.17, 15) is 13.6 Å². The van der Waals surface area contributed by atoms with Gasteiger partial charge >= 0.3 is 0 Å². The molecule has 0 heterocycles. The largest absolute Gasteiger partial charge is 0.308 e. The van der Waals surface area contributed by atoms with Crippen LogP contribution in [0.3, 0.4) is 0 Å². The molecule has 0 aliphatic heterocycles. The Morgan fingerprint density at radius 3 is 2.71 bits per heavy atom. The molecule has 0 saturated heterocycles. The van der Waals surface area contributed by atoms with Gasteiger partial charge in [0.05, 0.1) is 10.6 Å². The molecule has 14 heavy (non-hydrogen) atoms. The first-order valence-electron chi connectivity index (χ1n) is 3.58. The lowest BCUT2D eigenvalue weighted by Crippen LogP contribution is -2.08. The lowest BCUT2D eigenvalue weighted by Gasteiger charge is -2.01. The minimum absolute atomic E-state index is 0.334. The summed E-state index contributed by atoms with van der Waals surface area (Å²) in [4.78, 5) is 13.8. The van der Waals surface area contributed by atoms with Crippen LogP contribution in [0, 0.1) is 18.2 Å². The number of nitrogens with zero attached hydrogens (tertiary/aromatic N) is 1. The van der Waals surface area contributed by atoms with Gasteiger partial charge in [-0.3, -0.25) is 4.79 Å². The van der Waals surface area contributed by atoms with Gasteiger partial charge in [-0.25, -0.2) is 15.4 Å². The van der Waals surface area contributed by atoms with Crippen molar-refractivity contribution < 1.29 is 13.6 Å². The van der Waals surface area contributed by atoms with Crippen molar-refractivity contribution in [1.29, 1.82) is 0 Å². The Morgan fingerprint density at radius 2 is 2.14 bits per heavy atom. The first-order valence-corrected chi connectivity index (χ1v) is 3.95. The predicted molar refractivity (Wildman–Crippen MR) is 47.2 cm³/mol. The molecule has 2 nitrogen and oxygen atoms in total. The Kier molecular flexibility index (Phi) is 3.15. The third kappa shape index (κ3) is 1.88. The normalized spacial score (nSPS) is 9.57. The van der Waals surface area contributed by atoms with E-state index in [2.05, 4.69) is 4.85 Å². The topological polar surface area (TPSA) is 21.4 Å². The molecule has 5 heteroatoms. The van der Waals surface area contributed by atoms with Crippen LogP contribution >= 0.6 is 11.6 Å². The molecule has 0 radical (unpaired) electrons. The van der Waals surface area contributed by atoms with Gasteiger partial charge in [0.1, 0.15) is 5.82 Å². The highest BCUT2D eigenvalue weighted by Crippen LogP contribution is 2.21. The molecule has 0 unspecified atom stereocenters. The fourth-order valence-electron chi connectivity index (χ4n) is 0.934. The number of hydrogen-bond donors (Lipinski definition) is 0. The summed E-state index contributed by atoms with van der Waals surface area (Å²) in [6.45, 7) is 5.81. The van der Waals surface area contributed by atoms with E-state index in [1.54, 1.807) is 0 Å². The fourth-order valence-corrected chi connectivity index (χ4v) is 1.09. The van der Waals surface area contributed by atoms with Crippen LogP contribution in [0.4, 0.5) is 8.78 Å². The van der Waals surface area contributed by atoms with Crippen molar-refractivity contribution in [3.05, 3.63) is 45.8 Å². The van der Waals surface area contributed by atoms with E-state index in [0.29, 0.717) is 0 Å². The number of benzene rings is 1. The highest BCUT2D eigenvalue weighted by Gasteiger charge is 2.21. The van der Waals surface area contributed by atoms with Gasteiger partial charge in [-0.15, -0.1) is 0 Å². The van der Waals surface area contributed by atoms with Crippen molar-refractivity contribution in [2.75, 3.05) is 6.54 Å². The van der Waals surface area contributed by atoms with Crippen LogP contribution in [0.2, 0.25) is 5.02 Å². The summed E-state index contributed by atoms with van der Waals surface area (Å²) in [5.74, 6) is -3.02. The molecule has 0 amide bonds. The van der Waals surface area contributed by atoms with E-state index >= 15 is 0 Å². The van der Waals surface area contributed by atoms with Gasteiger partial charge in [0, 0.05) is 0 Å². The maximum atomic E-state index is 13.1. The van der Waals surface area contributed by atoms with E-state index in [1.165, 1.54) is 0 Å². The molecule has 0 aromatic heterocycles. The Morgan fingerprint density at radius 1 is 1.50 bits per heavy atom. The van der Waals surface area contributed by atoms with Crippen molar-refractivity contribution in [1.82, 2.24) is 0 Å². The van der Waals surface area contributed by atoms with Crippen LogP contribution in [-0.2, 0) is 0 Å². The molecule has 0 atom stereocenters. The monoisotopic (exact) mass is 215 g/mol. The van der Waals surface area contributed by atoms with Crippen molar-refractivity contribution in [3.63, 3.8) is 0 Å². The van der Waals surface area contributed by atoms with E-state index in [-0.39, 0.29) is 5.02 Å². The van der Waals surface area contributed by atoms with Gasteiger partial charge in [-0.2, -0.15) is 0 Å². The highest BCUT2D eigenvalue weighted by molar-refractivity contribution is 6.31. The molecule has 0 N–H and O–H groups in total. The van der Waals surface area contributed by atoms with Crippen LogP contribution in [0.25, 0.3) is 4.85 Å². The molecule has 0 aliphatic carbocycles. The Balaban J connectivity index is 3.27. The summed E-state index contributed by atoms with van der Waals surface area (Å²) in [7, 11) is 0. The Hall–Kier alpha value is -1.47. The molecule has 0 spiro atoms. The predicted octanol–water partition coefficient (Wildman–Crippen LogP) is 2.72. The molecular formula is C9H4ClF2NO. The summed E-state index contributed by atoms with van der Waals surface area (Å²) in [5.41, 5.74) is -0.742. The van der Waals surface area contributed by atoms with Crippen LogP contribution < -0.4 is 0 Å². The zero-order valence-corrected chi connectivity index (χ0v) is 7.61. The average molecular weight is 216 g/mol. The number of ketones is 1. The van der Waals surface area contributed by atoms with Crippen LogP contribution in [-0.4, -0.2) is 12.3 Å². The molecule has 72 valence electrons. The minimum atomic E-state index is -1.11. The van der Waals surface area contributed by atoms with Crippen LogP contribution in [0.15, 0.2) is 12.1 Å². The van der Waals surface area contributed by atoms with Gasteiger partial charge < -0.3 is 4.85 Å². The van der Waals surface area contributed by atoms with Gasteiger partial charge in [0.2, 0.25) is 5.78 Å². The van der Waals surface area contributed by atoms with E-state index in [0.717, 1.165) is 12.1 Å². The molecule has 0 aliphatic rings. The number of rotatable bonds is 2. The molecule has 1 rings (SSSR count). The lowest BCUT2D eigenvalue weighted by atomic mass is 10.1. The van der Waals surface area contributed by atoms with E-state index < -0.39 is 29.5 Å². The standard InChI is InChI=1S/C9H4ClF2NO/c1-13-4-7(14)8-6(11)3-2-5(10)9(8)12/h2-3H,4H2. The number of carbonyl (C=O) groups excluding carboxylic acids is 1. The van der Waals surface area contributed by atoms with Gasteiger partial charge in [0.15, 0.2) is 5.82 Å². The average Bonchev–Trinajstić information content (AvgIpc) is 2.13. The first-order chi connectivity index (χ1) is 6.57. The first kappa shape index (κ1) is 10.6. The maximum Gasteiger partial charge on any atom is 0.276 e. The molecule has 0 bridgehead atoms. The molecule has 1 aromatic rings. The van der Waals surface area contributed by atoms with Crippen molar-refractivity contribution >= 4 is 17.4 Å². The summed E-state index contributed by atoms with van der Waals surface area (Å²) in [5, 5.41) is -0.334. The van der Waals surface area contributed by atoms with Crippen LogP contribution in [0.5, 0.6) is 0 Å².